The SMILES string of the molecule is CCS(=O)Nc1ccc(-n2cc(-c3cccc(S(=O)NC(C)(C)C)c3)nn2)c(N2CCC3(CC2)CC3)c1. The van der Waals surface area contributed by atoms with Gasteiger partial charge >= 0.3 is 0 Å². The van der Waals surface area contributed by atoms with Gasteiger partial charge in [0.15, 0.2) is 0 Å². The van der Waals surface area contributed by atoms with Crippen molar-refractivity contribution in [2.45, 2.75) is 63.8 Å². The van der Waals surface area contributed by atoms with Crippen LogP contribution >= 0.6 is 0 Å². The van der Waals surface area contributed by atoms with Gasteiger partial charge in [-0.15, -0.1) is 5.10 Å². The molecule has 1 aliphatic heterocycles. The fourth-order valence-corrected chi connectivity index (χ4v) is 6.40. The van der Waals surface area contributed by atoms with E-state index < -0.39 is 22.0 Å². The van der Waals surface area contributed by atoms with Gasteiger partial charge in [-0.05, 0) is 82.2 Å². The average molecular weight is 541 g/mol. The first-order valence-corrected chi connectivity index (χ1v) is 15.4. The molecular formula is C27H36N6O2S2. The third-order valence-corrected chi connectivity index (χ3v) is 9.54. The van der Waals surface area contributed by atoms with Gasteiger partial charge in [-0.1, -0.05) is 24.3 Å². The van der Waals surface area contributed by atoms with Crippen molar-refractivity contribution in [2.24, 2.45) is 5.41 Å². The maximum Gasteiger partial charge on any atom is 0.125 e. The van der Waals surface area contributed by atoms with Crippen molar-refractivity contribution < 1.29 is 8.42 Å². The van der Waals surface area contributed by atoms with Gasteiger partial charge in [0.25, 0.3) is 0 Å². The molecule has 198 valence electrons. The molecule has 0 radical (unpaired) electrons. The summed E-state index contributed by atoms with van der Waals surface area (Å²) in [5, 5.41) is 8.92. The molecule has 8 nitrogen and oxygen atoms in total. The predicted molar refractivity (Wildman–Crippen MR) is 152 cm³/mol. The standard InChI is InChI=1S/C27H36N6O2S2/c1-5-36(34)29-21-9-10-24(25(18-21)32-15-13-27(11-12-27)14-16-32)33-19-23(28-31-33)20-7-6-8-22(17-20)37(35)30-26(2,3)4/h6-10,17-19,29-30H,5,11-16H2,1-4H3. The lowest BCUT2D eigenvalue weighted by molar-refractivity contribution is 0.384. The number of benzene rings is 2. The molecule has 2 atom stereocenters. The molecule has 2 heterocycles. The molecule has 5 rings (SSSR count). The molecule has 0 amide bonds. The molecular weight excluding hydrogens is 504 g/mol. The minimum absolute atomic E-state index is 0.265. The van der Waals surface area contributed by atoms with Crippen molar-refractivity contribution in [1.82, 2.24) is 19.7 Å². The molecule has 2 N–H and O–H groups in total. The van der Waals surface area contributed by atoms with Crippen LogP contribution in [0.3, 0.4) is 0 Å². The van der Waals surface area contributed by atoms with E-state index in [1.807, 2.05) is 75.0 Å². The molecule has 10 heteroatoms. The fourth-order valence-electron chi connectivity index (χ4n) is 4.76. The van der Waals surface area contributed by atoms with E-state index in [2.05, 4.69) is 30.7 Å². The number of aromatic nitrogens is 3. The molecule has 2 unspecified atom stereocenters. The van der Waals surface area contributed by atoms with Gasteiger partial charge in [0, 0.05) is 35.6 Å². The van der Waals surface area contributed by atoms with E-state index in [0.29, 0.717) is 21.8 Å². The molecule has 1 saturated heterocycles. The Hall–Kier alpha value is -2.56. The highest BCUT2D eigenvalue weighted by Gasteiger charge is 2.44. The molecule has 37 heavy (non-hydrogen) atoms. The number of anilines is 2. The lowest BCUT2D eigenvalue weighted by atomic mass is 9.93. The molecule has 1 saturated carbocycles. The Morgan fingerprint density at radius 1 is 1.00 bits per heavy atom. The van der Waals surface area contributed by atoms with Crippen molar-refractivity contribution in [3.63, 3.8) is 0 Å². The quantitative estimate of drug-likeness (QED) is 0.427. The number of rotatable bonds is 8. The molecule has 0 bridgehead atoms. The Balaban J connectivity index is 1.44. The minimum Gasteiger partial charge on any atom is -0.370 e. The summed E-state index contributed by atoms with van der Waals surface area (Å²) >= 11 is 0. The van der Waals surface area contributed by atoms with Crippen molar-refractivity contribution in [2.75, 3.05) is 28.5 Å². The highest BCUT2D eigenvalue weighted by molar-refractivity contribution is 7.86. The molecule has 2 aromatic carbocycles. The zero-order chi connectivity index (χ0) is 26.2. The van der Waals surface area contributed by atoms with Crippen LogP contribution in [-0.2, 0) is 22.0 Å². The summed E-state index contributed by atoms with van der Waals surface area (Å²) in [5.41, 5.74) is 4.72. The Morgan fingerprint density at radius 3 is 2.43 bits per heavy atom. The molecule has 1 aromatic heterocycles. The third kappa shape index (κ3) is 6.13. The zero-order valence-corrected chi connectivity index (χ0v) is 23.6. The third-order valence-electron chi connectivity index (χ3n) is 7.07. The highest BCUT2D eigenvalue weighted by Crippen LogP contribution is 2.54. The van der Waals surface area contributed by atoms with Crippen LogP contribution in [-0.4, -0.2) is 47.8 Å². The molecule has 2 fully saturated rings. The second-order valence-corrected chi connectivity index (χ2v) is 13.8. The van der Waals surface area contributed by atoms with Crippen LogP contribution in [0.1, 0.15) is 53.4 Å². The highest BCUT2D eigenvalue weighted by atomic mass is 32.2. The normalized spacial score (nSPS) is 18.5. The van der Waals surface area contributed by atoms with E-state index in [0.717, 1.165) is 35.7 Å². The van der Waals surface area contributed by atoms with E-state index in [4.69, 9.17) is 0 Å². The minimum atomic E-state index is -1.33. The summed E-state index contributed by atoms with van der Waals surface area (Å²) in [6, 6.07) is 13.7. The zero-order valence-electron chi connectivity index (χ0n) is 22.0. The molecule has 2 aliphatic rings. The maximum absolute atomic E-state index is 12.8. The number of hydrogen-bond acceptors (Lipinski definition) is 5. The van der Waals surface area contributed by atoms with Gasteiger partial charge < -0.3 is 9.62 Å². The van der Waals surface area contributed by atoms with Crippen LogP contribution in [0.25, 0.3) is 16.9 Å². The Kier molecular flexibility index (Phi) is 7.26. The van der Waals surface area contributed by atoms with Gasteiger partial charge in [-0.3, -0.25) is 0 Å². The predicted octanol–water partition coefficient (Wildman–Crippen LogP) is 4.82. The number of hydrogen-bond donors (Lipinski definition) is 2. The topological polar surface area (TPSA) is 92.2 Å². The van der Waals surface area contributed by atoms with Crippen LogP contribution in [0.15, 0.2) is 53.6 Å². The van der Waals surface area contributed by atoms with E-state index in [1.165, 1.54) is 25.7 Å². The Labute approximate surface area is 224 Å². The van der Waals surface area contributed by atoms with Crippen molar-refractivity contribution in [3.8, 4) is 16.9 Å². The van der Waals surface area contributed by atoms with Crippen molar-refractivity contribution in [1.29, 1.82) is 0 Å². The van der Waals surface area contributed by atoms with Crippen LogP contribution in [0.2, 0.25) is 0 Å². The first kappa shape index (κ1) is 26.1. The van der Waals surface area contributed by atoms with Crippen molar-refractivity contribution in [3.05, 3.63) is 48.7 Å². The second kappa shape index (κ2) is 10.3. The van der Waals surface area contributed by atoms with Crippen molar-refractivity contribution >= 4 is 33.3 Å². The number of nitrogens with one attached hydrogen (secondary N) is 2. The summed E-state index contributed by atoms with van der Waals surface area (Å²) in [6.07, 6.45) is 7.04. The average Bonchev–Trinajstić information content (AvgIpc) is 3.44. The fraction of sp³-hybridized carbons (Fsp3) is 0.481. The van der Waals surface area contributed by atoms with Gasteiger partial charge in [0.05, 0.1) is 22.5 Å². The number of piperidine rings is 1. The largest absolute Gasteiger partial charge is 0.370 e. The molecule has 1 aliphatic carbocycles. The first-order valence-electron chi connectivity index (χ1n) is 12.9. The summed E-state index contributed by atoms with van der Waals surface area (Å²) < 4.78 is 33.0. The second-order valence-electron chi connectivity index (χ2n) is 11.1. The van der Waals surface area contributed by atoms with Crippen LogP contribution in [0.4, 0.5) is 11.4 Å². The van der Waals surface area contributed by atoms with E-state index in [9.17, 15) is 8.42 Å². The van der Waals surface area contributed by atoms with Crippen LogP contribution in [0, 0.1) is 5.41 Å². The van der Waals surface area contributed by atoms with Gasteiger partial charge in [0.2, 0.25) is 0 Å². The van der Waals surface area contributed by atoms with Crippen LogP contribution < -0.4 is 14.3 Å². The van der Waals surface area contributed by atoms with Crippen LogP contribution in [0.5, 0.6) is 0 Å². The molecule has 1 spiro atoms. The number of nitrogens with zero attached hydrogens (tertiary/aromatic N) is 4. The Bertz CT molecular complexity index is 1320. The first-order chi connectivity index (χ1) is 17.6. The summed E-state index contributed by atoms with van der Waals surface area (Å²) in [4.78, 5) is 3.12. The summed E-state index contributed by atoms with van der Waals surface area (Å²) in [7, 11) is -2.44. The van der Waals surface area contributed by atoms with Gasteiger partial charge in [-0.2, -0.15) is 0 Å². The van der Waals surface area contributed by atoms with E-state index in [1.54, 1.807) is 0 Å². The Morgan fingerprint density at radius 2 is 1.76 bits per heavy atom. The summed E-state index contributed by atoms with van der Waals surface area (Å²) in [5.74, 6) is 0.547. The lowest BCUT2D eigenvalue weighted by Crippen LogP contribution is -2.37. The maximum atomic E-state index is 12.8. The van der Waals surface area contributed by atoms with E-state index >= 15 is 0 Å². The van der Waals surface area contributed by atoms with Gasteiger partial charge in [-0.25, -0.2) is 17.8 Å². The monoisotopic (exact) mass is 540 g/mol. The molecule has 3 aromatic rings. The lowest BCUT2D eigenvalue weighted by Gasteiger charge is -2.35. The van der Waals surface area contributed by atoms with Gasteiger partial charge in [0.1, 0.15) is 27.7 Å². The smallest absolute Gasteiger partial charge is 0.125 e. The van der Waals surface area contributed by atoms with E-state index in [-0.39, 0.29) is 5.54 Å². The summed E-state index contributed by atoms with van der Waals surface area (Å²) in [6.45, 7) is 9.88.